The molecular weight excluding hydrogens is 228 g/mol. The van der Waals surface area contributed by atoms with Crippen molar-refractivity contribution in [2.45, 2.75) is 58.5 Å². The second-order valence-corrected chi connectivity index (χ2v) is 6.02. The summed E-state index contributed by atoms with van der Waals surface area (Å²) in [7, 11) is 0. The molecule has 4 heteroatoms. The van der Waals surface area contributed by atoms with Gasteiger partial charge in [-0.25, -0.2) is 0 Å². The molecule has 18 heavy (non-hydrogen) atoms. The standard InChI is InChI=1S/C14H28N2O2/c1-11(2)9-18-10-12(3)16-13(17)14(4)7-5-6-8-15-14/h11-12,15H,5-10H2,1-4H3,(H,16,17)/t12-,14+/m1/s1. The van der Waals surface area contributed by atoms with Crippen molar-refractivity contribution in [1.82, 2.24) is 10.6 Å². The van der Waals surface area contributed by atoms with Gasteiger partial charge in [0.05, 0.1) is 12.1 Å². The van der Waals surface area contributed by atoms with Gasteiger partial charge in [-0.15, -0.1) is 0 Å². The molecule has 0 spiro atoms. The number of ether oxygens (including phenoxy) is 1. The summed E-state index contributed by atoms with van der Waals surface area (Å²) in [5.74, 6) is 0.633. The molecule has 1 fully saturated rings. The average Bonchev–Trinajstić information content (AvgIpc) is 2.29. The van der Waals surface area contributed by atoms with Crippen molar-refractivity contribution in [3.8, 4) is 0 Å². The van der Waals surface area contributed by atoms with E-state index < -0.39 is 5.54 Å². The molecule has 0 saturated carbocycles. The van der Waals surface area contributed by atoms with Gasteiger partial charge in [0.25, 0.3) is 0 Å². The molecule has 0 aliphatic carbocycles. The fourth-order valence-electron chi connectivity index (χ4n) is 2.16. The quantitative estimate of drug-likeness (QED) is 0.760. The van der Waals surface area contributed by atoms with E-state index in [0.29, 0.717) is 12.5 Å². The van der Waals surface area contributed by atoms with Gasteiger partial charge in [0, 0.05) is 12.6 Å². The smallest absolute Gasteiger partial charge is 0.240 e. The highest BCUT2D eigenvalue weighted by atomic mass is 16.5. The maximum Gasteiger partial charge on any atom is 0.240 e. The lowest BCUT2D eigenvalue weighted by atomic mass is 9.90. The summed E-state index contributed by atoms with van der Waals surface area (Å²) in [6, 6.07) is 0.0665. The molecule has 0 bridgehead atoms. The zero-order valence-electron chi connectivity index (χ0n) is 12.2. The number of nitrogens with one attached hydrogen (secondary N) is 2. The third-order valence-corrected chi connectivity index (χ3v) is 3.32. The summed E-state index contributed by atoms with van der Waals surface area (Å²) in [4.78, 5) is 12.2. The summed E-state index contributed by atoms with van der Waals surface area (Å²) >= 11 is 0. The number of amides is 1. The first kappa shape index (κ1) is 15.4. The molecule has 0 aromatic heterocycles. The fraction of sp³-hybridized carbons (Fsp3) is 0.929. The number of hydrogen-bond donors (Lipinski definition) is 2. The first-order chi connectivity index (χ1) is 8.44. The molecule has 106 valence electrons. The highest BCUT2D eigenvalue weighted by Gasteiger charge is 2.34. The van der Waals surface area contributed by atoms with E-state index in [1.54, 1.807) is 0 Å². The number of carbonyl (C=O) groups is 1. The van der Waals surface area contributed by atoms with Crippen molar-refractivity contribution < 1.29 is 9.53 Å². The van der Waals surface area contributed by atoms with E-state index >= 15 is 0 Å². The van der Waals surface area contributed by atoms with Crippen LogP contribution in [0.3, 0.4) is 0 Å². The van der Waals surface area contributed by atoms with Crippen molar-refractivity contribution in [2.75, 3.05) is 19.8 Å². The van der Waals surface area contributed by atoms with E-state index in [9.17, 15) is 4.79 Å². The monoisotopic (exact) mass is 256 g/mol. The van der Waals surface area contributed by atoms with E-state index in [4.69, 9.17) is 4.74 Å². The lowest BCUT2D eigenvalue weighted by molar-refractivity contribution is -0.129. The van der Waals surface area contributed by atoms with Crippen molar-refractivity contribution in [2.24, 2.45) is 5.92 Å². The highest BCUT2D eigenvalue weighted by molar-refractivity contribution is 5.86. The molecule has 1 aliphatic heterocycles. The summed E-state index contributed by atoms with van der Waals surface area (Å²) in [5.41, 5.74) is -0.398. The van der Waals surface area contributed by atoms with Gasteiger partial charge < -0.3 is 15.4 Å². The lowest BCUT2D eigenvalue weighted by Crippen LogP contribution is -2.58. The van der Waals surface area contributed by atoms with Crippen LogP contribution in [0, 0.1) is 5.92 Å². The number of piperidine rings is 1. The van der Waals surface area contributed by atoms with Crippen LogP contribution in [0.2, 0.25) is 0 Å². The van der Waals surface area contributed by atoms with Gasteiger partial charge in [-0.05, 0) is 45.6 Å². The zero-order chi connectivity index (χ0) is 13.6. The Morgan fingerprint density at radius 3 is 2.61 bits per heavy atom. The van der Waals surface area contributed by atoms with Crippen molar-refractivity contribution >= 4 is 5.91 Å². The molecule has 2 N–H and O–H groups in total. The third kappa shape index (κ3) is 4.94. The number of hydrogen-bond acceptors (Lipinski definition) is 3. The molecule has 2 atom stereocenters. The van der Waals surface area contributed by atoms with Crippen molar-refractivity contribution in [3.05, 3.63) is 0 Å². The first-order valence-corrected chi connectivity index (χ1v) is 7.08. The molecule has 0 aromatic carbocycles. The number of rotatable bonds is 6. The van der Waals surface area contributed by atoms with Gasteiger partial charge in [-0.2, -0.15) is 0 Å². The second-order valence-electron chi connectivity index (χ2n) is 6.02. The molecule has 1 amide bonds. The van der Waals surface area contributed by atoms with E-state index in [0.717, 1.165) is 32.4 Å². The Morgan fingerprint density at radius 1 is 1.33 bits per heavy atom. The second kappa shape index (κ2) is 7.10. The highest BCUT2D eigenvalue weighted by Crippen LogP contribution is 2.18. The van der Waals surface area contributed by atoms with Crippen LogP contribution in [0.1, 0.15) is 47.0 Å². The summed E-state index contributed by atoms with van der Waals surface area (Å²) in [5, 5.41) is 6.36. The molecule has 1 saturated heterocycles. The Balaban J connectivity index is 2.29. The van der Waals surface area contributed by atoms with Gasteiger partial charge in [0.15, 0.2) is 0 Å². The SMILES string of the molecule is CC(C)COC[C@@H](C)NC(=O)[C@]1(C)CCCCN1. The normalized spacial score (nSPS) is 26.1. The summed E-state index contributed by atoms with van der Waals surface area (Å²) in [6.07, 6.45) is 3.20. The predicted octanol–water partition coefficient (Wildman–Crippen LogP) is 1.70. The molecular formula is C14H28N2O2. The molecule has 1 heterocycles. The van der Waals surface area contributed by atoms with Gasteiger partial charge in [0.1, 0.15) is 0 Å². The van der Waals surface area contributed by atoms with Crippen molar-refractivity contribution in [3.63, 3.8) is 0 Å². The topological polar surface area (TPSA) is 50.4 Å². The fourth-order valence-corrected chi connectivity index (χ4v) is 2.16. The zero-order valence-corrected chi connectivity index (χ0v) is 12.2. The Bertz CT molecular complexity index is 261. The maximum absolute atomic E-state index is 12.2. The molecule has 0 unspecified atom stereocenters. The summed E-state index contributed by atoms with van der Waals surface area (Å²) < 4.78 is 5.54. The minimum Gasteiger partial charge on any atom is -0.379 e. The van der Waals surface area contributed by atoms with Gasteiger partial charge in [-0.1, -0.05) is 13.8 Å². The van der Waals surface area contributed by atoms with Crippen LogP contribution in [0.25, 0.3) is 0 Å². The Hall–Kier alpha value is -0.610. The van der Waals surface area contributed by atoms with E-state index in [-0.39, 0.29) is 11.9 Å². The van der Waals surface area contributed by atoms with Crippen molar-refractivity contribution in [1.29, 1.82) is 0 Å². The van der Waals surface area contributed by atoms with Crippen LogP contribution in [0.15, 0.2) is 0 Å². The van der Waals surface area contributed by atoms with Crippen LogP contribution in [0.4, 0.5) is 0 Å². The van der Waals surface area contributed by atoms with E-state index in [1.807, 2.05) is 13.8 Å². The molecule has 0 radical (unpaired) electrons. The number of carbonyl (C=O) groups excluding carboxylic acids is 1. The molecule has 1 aliphatic rings. The van der Waals surface area contributed by atoms with Crippen LogP contribution >= 0.6 is 0 Å². The minimum absolute atomic E-state index is 0.0665. The summed E-state index contributed by atoms with van der Waals surface area (Å²) in [6.45, 7) is 10.5. The Labute approximate surface area is 111 Å². The first-order valence-electron chi connectivity index (χ1n) is 7.08. The average molecular weight is 256 g/mol. The molecule has 1 rings (SSSR count). The third-order valence-electron chi connectivity index (χ3n) is 3.32. The van der Waals surface area contributed by atoms with Crippen LogP contribution in [-0.2, 0) is 9.53 Å². The van der Waals surface area contributed by atoms with Crippen LogP contribution in [0.5, 0.6) is 0 Å². The van der Waals surface area contributed by atoms with Gasteiger partial charge >= 0.3 is 0 Å². The Kier molecular flexibility index (Phi) is 6.09. The Morgan fingerprint density at radius 2 is 2.06 bits per heavy atom. The van der Waals surface area contributed by atoms with E-state index in [1.165, 1.54) is 0 Å². The van der Waals surface area contributed by atoms with Gasteiger partial charge in [-0.3, -0.25) is 4.79 Å². The van der Waals surface area contributed by atoms with Gasteiger partial charge in [0.2, 0.25) is 5.91 Å². The molecule has 4 nitrogen and oxygen atoms in total. The minimum atomic E-state index is -0.398. The van der Waals surface area contributed by atoms with Crippen LogP contribution in [-0.4, -0.2) is 37.2 Å². The molecule has 0 aromatic rings. The maximum atomic E-state index is 12.2. The largest absolute Gasteiger partial charge is 0.379 e. The van der Waals surface area contributed by atoms with Crippen LogP contribution < -0.4 is 10.6 Å². The van der Waals surface area contributed by atoms with E-state index in [2.05, 4.69) is 24.5 Å². The lowest BCUT2D eigenvalue weighted by Gasteiger charge is -2.34. The predicted molar refractivity (Wildman–Crippen MR) is 73.5 cm³/mol.